The first kappa shape index (κ1) is 12.9. The lowest BCUT2D eigenvalue weighted by atomic mass is 10.0. The quantitative estimate of drug-likeness (QED) is 0.666. The molecule has 0 bridgehead atoms. The molecule has 0 amide bonds. The van der Waals surface area contributed by atoms with E-state index in [1.807, 2.05) is 26.0 Å². The van der Waals surface area contributed by atoms with Crippen molar-refractivity contribution in [1.82, 2.24) is 10.3 Å². The lowest BCUT2D eigenvalue weighted by Crippen LogP contribution is -2.27. The fraction of sp³-hybridized carbons (Fsp3) is 0.417. The Morgan fingerprint density at radius 1 is 1.56 bits per heavy atom. The van der Waals surface area contributed by atoms with Crippen molar-refractivity contribution in [3.05, 3.63) is 33.3 Å². The van der Waals surface area contributed by atoms with Gasteiger partial charge in [0.1, 0.15) is 0 Å². The summed E-state index contributed by atoms with van der Waals surface area (Å²) in [6.07, 6.45) is 0.637. The summed E-state index contributed by atoms with van der Waals surface area (Å²) in [6.45, 7) is 4.90. The van der Waals surface area contributed by atoms with E-state index in [2.05, 4.69) is 10.3 Å². The minimum atomic E-state index is -0.323. The molecule has 2 aromatic rings. The van der Waals surface area contributed by atoms with E-state index in [1.165, 1.54) is 11.3 Å². The van der Waals surface area contributed by atoms with E-state index in [1.54, 1.807) is 5.51 Å². The number of likely N-dealkylation sites (N-methyl/N-ethyl adjacent to an activating group) is 1. The van der Waals surface area contributed by atoms with Crippen LogP contribution in [0.3, 0.4) is 0 Å². The van der Waals surface area contributed by atoms with Crippen molar-refractivity contribution in [2.45, 2.75) is 26.3 Å². The van der Waals surface area contributed by atoms with Crippen LogP contribution in [-0.4, -0.2) is 22.5 Å². The van der Waals surface area contributed by atoms with E-state index in [0.29, 0.717) is 11.9 Å². The molecule has 6 heteroatoms. The Labute approximate surface area is 109 Å². The second-order valence-electron chi connectivity index (χ2n) is 4.19. The molecule has 0 fully saturated rings. The number of nitro groups is 1. The molecule has 1 aromatic carbocycles. The molecule has 96 valence electrons. The van der Waals surface area contributed by atoms with Gasteiger partial charge in [0.2, 0.25) is 0 Å². The molecule has 0 saturated carbocycles. The summed E-state index contributed by atoms with van der Waals surface area (Å²) in [4.78, 5) is 15.0. The smallest absolute Gasteiger partial charge is 0.299 e. The van der Waals surface area contributed by atoms with Gasteiger partial charge in [-0.1, -0.05) is 13.0 Å². The third-order valence-corrected chi connectivity index (χ3v) is 3.61. The molecule has 0 aliphatic heterocycles. The second kappa shape index (κ2) is 5.41. The monoisotopic (exact) mass is 265 g/mol. The second-order valence-corrected chi connectivity index (χ2v) is 5.08. The number of nitro benzene ring substituents is 1. The maximum Gasteiger partial charge on any atom is 0.299 e. The molecule has 1 N–H and O–H groups in total. The first-order valence-corrected chi connectivity index (χ1v) is 6.74. The average Bonchev–Trinajstić information content (AvgIpc) is 2.76. The van der Waals surface area contributed by atoms with Crippen LogP contribution in [0.25, 0.3) is 10.2 Å². The first-order chi connectivity index (χ1) is 8.63. The highest BCUT2D eigenvalue weighted by Crippen LogP contribution is 2.31. The number of hydrogen-bond acceptors (Lipinski definition) is 5. The Morgan fingerprint density at radius 3 is 3.00 bits per heavy atom. The molecule has 0 saturated heterocycles. The number of aromatic nitrogens is 1. The van der Waals surface area contributed by atoms with E-state index >= 15 is 0 Å². The van der Waals surface area contributed by atoms with E-state index < -0.39 is 0 Å². The highest BCUT2D eigenvalue weighted by molar-refractivity contribution is 7.16. The number of hydrogen-bond donors (Lipinski definition) is 1. The summed E-state index contributed by atoms with van der Waals surface area (Å²) in [5.74, 6) is 0. The van der Waals surface area contributed by atoms with E-state index in [0.717, 1.165) is 16.8 Å². The van der Waals surface area contributed by atoms with Crippen LogP contribution >= 0.6 is 11.3 Å². The summed E-state index contributed by atoms with van der Waals surface area (Å²) >= 11 is 1.43. The summed E-state index contributed by atoms with van der Waals surface area (Å²) in [5.41, 5.74) is 3.05. The summed E-state index contributed by atoms with van der Waals surface area (Å²) in [7, 11) is 0. The van der Waals surface area contributed by atoms with Crippen LogP contribution in [0.4, 0.5) is 5.69 Å². The van der Waals surface area contributed by atoms with Gasteiger partial charge in [-0.2, -0.15) is 0 Å². The zero-order chi connectivity index (χ0) is 13.1. The maximum atomic E-state index is 11.2. The van der Waals surface area contributed by atoms with E-state index in [-0.39, 0.29) is 16.7 Å². The summed E-state index contributed by atoms with van der Waals surface area (Å²) < 4.78 is 0.863. The van der Waals surface area contributed by atoms with Gasteiger partial charge < -0.3 is 5.32 Å². The Hall–Kier alpha value is -1.53. The van der Waals surface area contributed by atoms with Crippen molar-refractivity contribution in [3.8, 4) is 0 Å². The van der Waals surface area contributed by atoms with Crippen LogP contribution in [0.15, 0.2) is 17.6 Å². The molecule has 1 heterocycles. The van der Waals surface area contributed by atoms with Gasteiger partial charge in [-0.05, 0) is 26.0 Å². The van der Waals surface area contributed by atoms with Gasteiger partial charge in [0.15, 0.2) is 5.52 Å². The van der Waals surface area contributed by atoms with Crippen LogP contribution in [0, 0.1) is 10.1 Å². The zero-order valence-corrected chi connectivity index (χ0v) is 11.2. The van der Waals surface area contributed by atoms with Crippen LogP contribution in [0.1, 0.15) is 19.4 Å². The van der Waals surface area contributed by atoms with Gasteiger partial charge >= 0.3 is 0 Å². The van der Waals surface area contributed by atoms with Gasteiger partial charge in [-0.25, -0.2) is 4.98 Å². The standard InChI is InChI=1S/C12H15N3O2S/c1-3-13-8(2)6-9-4-5-10-11(14-7-18-10)12(9)15(16)17/h4-5,7-8,13H,3,6H2,1-2H3. The Bertz CT molecular complexity index is 567. The van der Waals surface area contributed by atoms with Crippen molar-refractivity contribution in [3.63, 3.8) is 0 Å². The largest absolute Gasteiger partial charge is 0.314 e. The number of fused-ring (bicyclic) bond motifs is 1. The topological polar surface area (TPSA) is 68.1 Å². The van der Waals surface area contributed by atoms with Crippen molar-refractivity contribution >= 4 is 27.2 Å². The Morgan fingerprint density at radius 2 is 2.33 bits per heavy atom. The molecule has 1 atom stereocenters. The van der Waals surface area contributed by atoms with Crippen molar-refractivity contribution in [2.75, 3.05) is 6.54 Å². The van der Waals surface area contributed by atoms with Crippen molar-refractivity contribution < 1.29 is 4.92 Å². The summed E-state index contributed by atoms with van der Waals surface area (Å²) in [5, 5.41) is 14.5. The van der Waals surface area contributed by atoms with Gasteiger partial charge in [0.25, 0.3) is 5.69 Å². The van der Waals surface area contributed by atoms with Gasteiger partial charge in [0.05, 0.1) is 15.1 Å². The van der Waals surface area contributed by atoms with Crippen LogP contribution in [0.5, 0.6) is 0 Å². The molecule has 2 rings (SSSR count). The van der Waals surface area contributed by atoms with Gasteiger partial charge in [0, 0.05) is 11.6 Å². The molecule has 0 aliphatic carbocycles. The fourth-order valence-corrected chi connectivity index (χ4v) is 2.76. The molecule has 1 unspecified atom stereocenters. The SMILES string of the molecule is CCNC(C)Cc1ccc2scnc2c1[N+](=O)[O-]. The summed E-state index contributed by atoms with van der Waals surface area (Å²) in [6, 6.07) is 3.96. The molecule has 5 nitrogen and oxygen atoms in total. The minimum Gasteiger partial charge on any atom is -0.314 e. The average molecular weight is 265 g/mol. The van der Waals surface area contributed by atoms with Gasteiger partial charge in [-0.15, -0.1) is 11.3 Å². The number of benzene rings is 1. The molecular weight excluding hydrogens is 250 g/mol. The number of rotatable bonds is 5. The Balaban J connectivity index is 2.43. The van der Waals surface area contributed by atoms with Crippen LogP contribution in [0.2, 0.25) is 0 Å². The molecular formula is C12H15N3O2S. The highest BCUT2D eigenvalue weighted by atomic mass is 32.1. The van der Waals surface area contributed by atoms with E-state index in [4.69, 9.17) is 0 Å². The maximum absolute atomic E-state index is 11.2. The normalized spacial score (nSPS) is 12.8. The number of nitrogens with zero attached hydrogens (tertiary/aromatic N) is 2. The van der Waals surface area contributed by atoms with Crippen LogP contribution in [-0.2, 0) is 6.42 Å². The molecule has 18 heavy (non-hydrogen) atoms. The van der Waals surface area contributed by atoms with Crippen molar-refractivity contribution in [2.24, 2.45) is 0 Å². The third-order valence-electron chi connectivity index (χ3n) is 2.82. The predicted octanol–water partition coefficient (Wildman–Crippen LogP) is 2.75. The lowest BCUT2D eigenvalue weighted by Gasteiger charge is -2.12. The van der Waals surface area contributed by atoms with Crippen molar-refractivity contribution in [1.29, 1.82) is 0 Å². The van der Waals surface area contributed by atoms with Gasteiger partial charge in [-0.3, -0.25) is 10.1 Å². The molecule has 1 aromatic heterocycles. The third kappa shape index (κ3) is 2.49. The first-order valence-electron chi connectivity index (χ1n) is 5.86. The number of nitrogens with one attached hydrogen (secondary N) is 1. The molecule has 0 spiro atoms. The number of thiazole rings is 1. The fourth-order valence-electron chi connectivity index (χ4n) is 2.08. The zero-order valence-electron chi connectivity index (χ0n) is 10.3. The Kier molecular flexibility index (Phi) is 3.88. The molecule has 0 radical (unpaired) electrons. The molecule has 0 aliphatic rings. The minimum absolute atomic E-state index is 0.151. The van der Waals surface area contributed by atoms with E-state index in [9.17, 15) is 10.1 Å². The highest BCUT2D eigenvalue weighted by Gasteiger charge is 2.21. The lowest BCUT2D eigenvalue weighted by molar-refractivity contribution is -0.383. The predicted molar refractivity (Wildman–Crippen MR) is 73.1 cm³/mol. The van der Waals surface area contributed by atoms with Crippen LogP contribution < -0.4 is 5.32 Å².